The molecule has 1 aliphatic rings. The standard InChI is InChI=1S/C14H19ClN2O/c1-16-13-6-8-17(9-7-13)14(18)10-11-2-4-12(15)5-3-11/h2-5,13,16H,6-10H2,1H3. The van der Waals surface area contributed by atoms with Gasteiger partial charge in [0, 0.05) is 24.2 Å². The van der Waals surface area contributed by atoms with Crippen molar-refractivity contribution < 1.29 is 4.79 Å². The van der Waals surface area contributed by atoms with E-state index in [-0.39, 0.29) is 5.91 Å². The summed E-state index contributed by atoms with van der Waals surface area (Å²) >= 11 is 5.83. The predicted octanol–water partition coefficient (Wildman–Crippen LogP) is 2.09. The molecule has 1 N–H and O–H groups in total. The van der Waals surface area contributed by atoms with Crippen molar-refractivity contribution in [2.45, 2.75) is 25.3 Å². The highest BCUT2D eigenvalue weighted by molar-refractivity contribution is 6.30. The van der Waals surface area contributed by atoms with Crippen molar-refractivity contribution in [3.8, 4) is 0 Å². The number of hydrogen-bond acceptors (Lipinski definition) is 2. The molecule has 1 heterocycles. The summed E-state index contributed by atoms with van der Waals surface area (Å²) in [6.45, 7) is 1.72. The average molecular weight is 267 g/mol. The van der Waals surface area contributed by atoms with Crippen LogP contribution in [0.4, 0.5) is 0 Å². The third-order valence-electron chi connectivity index (χ3n) is 3.52. The Labute approximate surface area is 113 Å². The van der Waals surface area contributed by atoms with Crippen LogP contribution in [-0.4, -0.2) is 37.0 Å². The first-order valence-corrected chi connectivity index (χ1v) is 6.76. The van der Waals surface area contributed by atoms with Gasteiger partial charge in [-0.3, -0.25) is 4.79 Å². The van der Waals surface area contributed by atoms with Crippen molar-refractivity contribution in [1.82, 2.24) is 10.2 Å². The number of piperidine rings is 1. The molecule has 0 atom stereocenters. The summed E-state index contributed by atoms with van der Waals surface area (Å²) in [5.74, 6) is 0.215. The molecular formula is C14H19ClN2O. The van der Waals surface area contributed by atoms with Crippen LogP contribution in [0.1, 0.15) is 18.4 Å². The molecule has 98 valence electrons. The highest BCUT2D eigenvalue weighted by Gasteiger charge is 2.21. The number of carbonyl (C=O) groups excluding carboxylic acids is 1. The lowest BCUT2D eigenvalue weighted by Gasteiger charge is -2.31. The molecule has 1 saturated heterocycles. The summed E-state index contributed by atoms with van der Waals surface area (Å²) in [4.78, 5) is 14.1. The fraction of sp³-hybridized carbons (Fsp3) is 0.500. The Kier molecular flexibility index (Phi) is 4.61. The van der Waals surface area contributed by atoms with Crippen LogP contribution in [-0.2, 0) is 11.2 Å². The normalized spacial score (nSPS) is 16.9. The van der Waals surface area contributed by atoms with Gasteiger partial charge >= 0.3 is 0 Å². The molecule has 1 amide bonds. The Bertz CT molecular complexity index is 397. The number of amides is 1. The topological polar surface area (TPSA) is 32.3 Å². The monoisotopic (exact) mass is 266 g/mol. The first kappa shape index (κ1) is 13.4. The number of carbonyl (C=O) groups is 1. The van der Waals surface area contributed by atoms with Gasteiger partial charge in [0.2, 0.25) is 5.91 Å². The Balaban J connectivity index is 1.87. The number of likely N-dealkylation sites (tertiary alicyclic amines) is 1. The maximum absolute atomic E-state index is 12.1. The van der Waals surface area contributed by atoms with Crippen molar-refractivity contribution in [3.63, 3.8) is 0 Å². The van der Waals surface area contributed by atoms with Gasteiger partial charge in [-0.2, -0.15) is 0 Å². The van der Waals surface area contributed by atoms with Crippen LogP contribution in [0.25, 0.3) is 0 Å². The third-order valence-corrected chi connectivity index (χ3v) is 3.78. The van der Waals surface area contributed by atoms with E-state index in [0.717, 1.165) is 31.5 Å². The zero-order chi connectivity index (χ0) is 13.0. The van der Waals surface area contributed by atoms with E-state index in [0.29, 0.717) is 17.5 Å². The van der Waals surface area contributed by atoms with Crippen LogP contribution >= 0.6 is 11.6 Å². The minimum absolute atomic E-state index is 0.215. The van der Waals surface area contributed by atoms with E-state index in [2.05, 4.69) is 5.32 Å². The molecule has 0 aliphatic carbocycles. The van der Waals surface area contributed by atoms with Gasteiger partial charge in [-0.1, -0.05) is 23.7 Å². The predicted molar refractivity (Wildman–Crippen MR) is 73.8 cm³/mol. The van der Waals surface area contributed by atoms with Gasteiger partial charge < -0.3 is 10.2 Å². The van der Waals surface area contributed by atoms with E-state index in [1.165, 1.54) is 0 Å². The molecule has 18 heavy (non-hydrogen) atoms. The second kappa shape index (κ2) is 6.21. The van der Waals surface area contributed by atoms with Crippen molar-refractivity contribution >= 4 is 17.5 Å². The molecule has 2 rings (SSSR count). The lowest BCUT2D eigenvalue weighted by molar-refractivity contribution is -0.131. The Morgan fingerprint density at radius 3 is 2.50 bits per heavy atom. The maximum atomic E-state index is 12.1. The van der Waals surface area contributed by atoms with Crippen LogP contribution in [0.3, 0.4) is 0 Å². The maximum Gasteiger partial charge on any atom is 0.226 e. The van der Waals surface area contributed by atoms with Gasteiger partial charge in [0.1, 0.15) is 0 Å². The van der Waals surface area contributed by atoms with Crippen LogP contribution < -0.4 is 5.32 Å². The van der Waals surface area contributed by atoms with Crippen molar-refractivity contribution in [2.75, 3.05) is 20.1 Å². The average Bonchev–Trinajstić information content (AvgIpc) is 2.41. The second-order valence-electron chi connectivity index (χ2n) is 4.75. The number of nitrogens with one attached hydrogen (secondary N) is 1. The summed E-state index contributed by atoms with van der Waals surface area (Å²) in [7, 11) is 1.98. The molecule has 0 radical (unpaired) electrons. The minimum Gasteiger partial charge on any atom is -0.342 e. The zero-order valence-electron chi connectivity index (χ0n) is 10.7. The SMILES string of the molecule is CNC1CCN(C(=O)Cc2ccc(Cl)cc2)CC1. The van der Waals surface area contributed by atoms with Crippen LogP contribution in [0.5, 0.6) is 0 Å². The van der Waals surface area contributed by atoms with Gasteiger partial charge in [0.25, 0.3) is 0 Å². The van der Waals surface area contributed by atoms with Gasteiger partial charge in [-0.15, -0.1) is 0 Å². The molecular weight excluding hydrogens is 248 g/mol. The van der Waals surface area contributed by atoms with E-state index < -0.39 is 0 Å². The number of benzene rings is 1. The van der Waals surface area contributed by atoms with E-state index >= 15 is 0 Å². The Hall–Kier alpha value is -1.06. The van der Waals surface area contributed by atoms with E-state index in [9.17, 15) is 4.79 Å². The summed E-state index contributed by atoms with van der Waals surface area (Å²) in [6, 6.07) is 8.06. The smallest absolute Gasteiger partial charge is 0.226 e. The number of halogens is 1. The molecule has 0 spiro atoms. The molecule has 0 aromatic heterocycles. The third kappa shape index (κ3) is 3.47. The lowest BCUT2D eigenvalue weighted by Crippen LogP contribution is -2.44. The van der Waals surface area contributed by atoms with Crippen LogP contribution in [0.15, 0.2) is 24.3 Å². The molecule has 0 bridgehead atoms. The highest BCUT2D eigenvalue weighted by atomic mass is 35.5. The quantitative estimate of drug-likeness (QED) is 0.909. The van der Waals surface area contributed by atoms with Gasteiger partial charge in [0.05, 0.1) is 6.42 Å². The molecule has 0 saturated carbocycles. The zero-order valence-corrected chi connectivity index (χ0v) is 11.4. The summed E-state index contributed by atoms with van der Waals surface area (Å²) < 4.78 is 0. The second-order valence-corrected chi connectivity index (χ2v) is 5.18. The first-order valence-electron chi connectivity index (χ1n) is 6.38. The fourth-order valence-electron chi connectivity index (χ4n) is 2.31. The molecule has 1 aromatic rings. The number of rotatable bonds is 3. The van der Waals surface area contributed by atoms with Crippen LogP contribution in [0.2, 0.25) is 5.02 Å². The van der Waals surface area contributed by atoms with Gasteiger partial charge in [-0.05, 0) is 37.6 Å². The summed E-state index contributed by atoms with van der Waals surface area (Å²) in [5.41, 5.74) is 1.03. The van der Waals surface area contributed by atoms with Crippen molar-refractivity contribution in [2.24, 2.45) is 0 Å². The van der Waals surface area contributed by atoms with E-state index in [1.807, 2.05) is 36.2 Å². The summed E-state index contributed by atoms with van der Waals surface area (Å²) in [5, 5.41) is 3.98. The van der Waals surface area contributed by atoms with Crippen molar-refractivity contribution in [3.05, 3.63) is 34.9 Å². The molecule has 1 aromatic carbocycles. The van der Waals surface area contributed by atoms with E-state index in [1.54, 1.807) is 0 Å². The first-order chi connectivity index (χ1) is 8.69. The van der Waals surface area contributed by atoms with Crippen LogP contribution in [0, 0.1) is 0 Å². The molecule has 1 aliphatic heterocycles. The van der Waals surface area contributed by atoms with Crippen molar-refractivity contribution in [1.29, 1.82) is 0 Å². The number of nitrogens with zero attached hydrogens (tertiary/aromatic N) is 1. The Morgan fingerprint density at radius 2 is 1.94 bits per heavy atom. The molecule has 3 nitrogen and oxygen atoms in total. The lowest BCUT2D eigenvalue weighted by atomic mass is 10.0. The van der Waals surface area contributed by atoms with Gasteiger partial charge in [-0.25, -0.2) is 0 Å². The minimum atomic E-state index is 0.215. The highest BCUT2D eigenvalue weighted by Crippen LogP contribution is 2.14. The van der Waals surface area contributed by atoms with Gasteiger partial charge in [0.15, 0.2) is 0 Å². The largest absolute Gasteiger partial charge is 0.342 e. The fourth-order valence-corrected chi connectivity index (χ4v) is 2.43. The molecule has 1 fully saturated rings. The molecule has 0 unspecified atom stereocenters. The molecule has 4 heteroatoms. The summed E-state index contributed by atoms with van der Waals surface area (Å²) in [6.07, 6.45) is 2.56. The Morgan fingerprint density at radius 1 is 1.33 bits per heavy atom. The number of hydrogen-bond donors (Lipinski definition) is 1. The van der Waals surface area contributed by atoms with E-state index in [4.69, 9.17) is 11.6 Å².